The standard InChI is InChI=1S/C10H9BrO4/c1-5-7(4-11)2-6(9(12)13)3-8(5)10(14)15/h2-3H,4H2,1H3,(H,12,13)(H,14,15). The fourth-order valence-corrected chi connectivity index (χ4v) is 1.84. The van der Waals surface area contributed by atoms with Crippen LogP contribution in [0.3, 0.4) is 0 Å². The Morgan fingerprint density at radius 3 is 2.27 bits per heavy atom. The topological polar surface area (TPSA) is 74.6 Å². The molecule has 0 aliphatic rings. The summed E-state index contributed by atoms with van der Waals surface area (Å²) in [6, 6.07) is 2.64. The van der Waals surface area contributed by atoms with Gasteiger partial charge in [0, 0.05) is 5.33 Å². The minimum atomic E-state index is -1.13. The van der Waals surface area contributed by atoms with Crippen LogP contribution in [0.4, 0.5) is 0 Å². The molecule has 15 heavy (non-hydrogen) atoms. The third kappa shape index (κ3) is 2.36. The van der Waals surface area contributed by atoms with Crippen molar-refractivity contribution >= 4 is 27.9 Å². The molecule has 0 fully saturated rings. The fourth-order valence-electron chi connectivity index (χ4n) is 1.26. The van der Waals surface area contributed by atoms with Crippen LogP contribution in [0.1, 0.15) is 31.8 Å². The monoisotopic (exact) mass is 272 g/mol. The van der Waals surface area contributed by atoms with E-state index in [1.54, 1.807) is 6.92 Å². The molecule has 1 aromatic rings. The van der Waals surface area contributed by atoms with Crippen molar-refractivity contribution in [3.8, 4) is 0 Å². The van der Waals surface area contributed by atoms with Gasteiger partial charge in [0.1, 0.15) is 0 Å². The average molecular weight is 273 g/mol. The van der Waals surface area contributed by atoms with E-state index in [0.717, 1.165) is 0 Å². The van der Waals surface area contributed by atoms with Crippen LogP contribution in [0.5, 0.6) is 0 Å². The Bertz CT molecular complexity index is 426. The Hall–Kier alpha value is -1.36. The van der Waals surface area contributed by atoms with Crippen molar-refractivity contribution in [1.82, 2.24) is 0 Å². The van der Waals surface area contributed by atoms with Gasteiger partial charge in [0.2, 0.25) is 0 Å². The molecule has 0 spiro atoms. The lowest BCUT2D eigenvalue weighted by Crippen LogP contribution is -2.07. The molecule has 0 amide bonds. The molecule has 0 radical (unpaired) electrons. The highest BCUT2D eigenvalue weighted by atomic mass is 79.9. The first-order chi connectivity index (χ1) is 6.97. The van der Waals surface area contributed by atoms with Crippen molar-refractivity contribution in [1.29, 1.82) is 0 Å². The molecule has 0 saturated heterocycles. The van der Waals surface area contributed by atoms with Gasteiger partial charge in [0.15, 0.2) is 0 Å². The first-order valence-corrected chi connectivity index (χ1v) is 5.25. The molecule has 0 heterocycles. The quantitative estimate of drug-likeness (QED) is 0.828. The Kier molecular flexibility index (Phi) is 3.47. The van der Waals surface area contributed by atoms with E-state index < -0.39 is 11.9 Å². The highest BCUT2D eigenvalue weighted by molar-refractivity contribution is 9.08. The molecule has 0 bridgehead atoms. The third-order valence-electron chi connectivity index (χ3n) is 2.14. The second-order valence-electron chi connectivity index (χ2n) is 3.05. The smallest absolute Gasteiger partial charge is 0.335 e. The second-order valence-corrected chi connectivity index (χ2v) is 3.61. The summed E-state index contributed by atoms with van der Waals surface area (Å²) < 4.78 is 0. The molecule has 0 unspecified atom stereocenters. The van der Waals surface area contributed by atoms with E-state index in [4.69, 9.17) is 10.2 Å². The maximum Gasteiger partial charge on any atom is 0.335 e. The first kappa shape index (κ1) is 11.7. The summed E-state index contributed by atoms with van der Waals surface area (Å²) in [7, 11) is 0. The molecule has 0 atom stereocenters. The zero-order valence-corrected chi connectivity index (χ0v) is 9.54. The van der Waals surface area contributed by atoms with Crippen molar-refractivity contribution in [2.24, 2.45) is 0 Å². The summed E-state index contributed by atoms with van der Waals surface area (Å²) in [5.41, 5.74) is 1.29. The Balaban J connectivity index is 3.45. The number of aromatic carboxylic acids is 2. The van der Waals surface area contributed by atoms with Crippen molar-refractivity contribution in [3.63, 3.8) is 0 Å². The molecule has 0 saturated carbocycles. The van der Waals surface area contributed by atoms with Crippen LogP contribution < -0.4 is 0 Å². The second kappa shape index (κ2) is 4.44. The summed E-state index contributed by atoms with van der Waals surface area (Å²) in [4.78, 5) is 21.6. The van der Waals surface area contributed by atoms with Gasteiger partial charge in [-0.3, -0.25) is 0 Å². The van der Waals surface area contributed by atoms with Gasteiger partial charge in [-0.1, -0.05) is 15.9 Å². The number of hydrogen-bond donors (Lipinski definition) is 2. The molecular formula is C10H9BrO4. The van der Waals surface area contributed by atoms with E-state index in [0.29, 0.717) is 16.5 Å². The van der Waals surface area contributed by atoms with Gasteiger partial charge in [-0.25, -0.2) is 9.59 Å². The normalized spacial score (nSPS) is 10.0. The number of carbonyl (C=O) groups is 2. The molecule has 2 N–H and O–H groups in total. The van der Waals surface area contributed by atoms with Gasteiger partial charge in [0.05, 0.1) is 11.1 Å². The van der Waals surface area contributed by atoms with Crippen molar-refractivity contribution in [2.45, 2.75) is 12.3 Å². The zero-order valence-electron chi connectivity index (χ0n) is 7.95. The summed E-state index contributed by atoms with van der Waals surface area (Å²) in [6.45, 7) is 1.66. The van der Waals surface area contributed by atoms with Crippen LogP contribution in [0.2, 0.25) is 0 Å². The molecule has 5 heteroatoms. The fraction of sp³-hybridized carbons (Fsp3) is 0.200. The largest absolute Gasteiger partial charge is 0.478 e. The predicted molar refractivity (Wildman–Crippen MR) is 57.7 cm³/mol. The Morgan fingerprint density at radius 2 is 1.87 bits per heavy atom. The number of benzene rings is 1. The number of carboxylic acids is 2. The van der Waals surface area contributed by atoms with Gasteiger partial charge in [-0.2, -0.15) is 0 Å². The molecule has 0 aliphatic heterocycles. The van der Waals surface area contributed by atoms with E-state index in [2.05, 4.69) is 15.9 Å². The molecule has 1 rings (SSSR count). The van der Waals surface area contributed by atoms with Gasteiger partial charge in [-0.05, 0) is 30.2 Å². The van der Waals surface area contributed by atoms with E-state index in [-0.39, 0.29) is 11.1 Å². The number of halogens is 1. The maximum atomic E-state index is 10.9. The SMILES string of the molecule is Cc1c(CBr)cc(C(=O)O)cc1C(=O)O. The van der Waals surface area contributed by atoms with Crippen molar-refractivity contribution in [3.05, 3.63) is 34.4 Å². The number of alkyl halides is 1. The van der Waals surface area contributed by atoms with E-state index in [1.165, 1.54) is 12.1 Å². The van der Waals surface area contributed by atoms with Gasteiger partial charge in [0.25, 0.3) is 0 Å². The van der Waals surface area contributed by atoms with Crippen molar-refractivity contribution < 1.29 is 19.8 Å². The van der Waals surface area contributed by atoms with Crippen LogP contribution in [0, 0.1) is 6.92 Å². The van der Waals surface area contributed by atoms with Gasteiger partial charge < -0.3 is 10.2 Å². The molecule has 4 nitrogen and oxygen atoms in total. The zero-order chi connectivity index (χ0) is 11.6. The van der Waals surface area contributed by atoms with Crippen molar-refractivity contribution in [2.75, 3.05) is 0 Å². The summed E-state index contributed by atoms with van der Waals surface area (Å²) >= 11 is 3.19. The Morgan fingerprint density at radius 1 is 1.27 bits per heavy atom. The lowest BCUT2D eigenvalue weighted by Gasteiger charge is -2.07. The average Bonchev–Trinajstić information content (AvgIpc) is 2.17. The minimum Gasteiger partial charge on any atom is -0.478 e. The van der Waals surface area contributed by atoms with Crippen LogP contribution in [0.15, 0.2) is 12.1 Å². The van der Waals surface area contributed by atoms with Crippen LogP contribution in [0.25, 0.3) is 0 Å². The molecule has 80 valence electrons. The lowest BCUT2D eigenvalue weighted by molar-refractivity contribution is 0.0695. The number of carboxylic acid groups (broad SMARTS) is 2. The third-order valence-corrected chi connectivity index (χ3v) is 2.74. The number of hydrogen-bond acceptors (Lipinski definition) is 2. The predicted octanol–water partition coefficient (Wildman–Crippen LogP) is 2.29. The van der Waals surface area contributed by atoms with E-state index >= 15 is 0 Å². The molecule has 0 aliphatic carbocycles. The minimum absolute atomic E-state index is 0.00699. The molecule has 0 aromatic heterocycles. The van der Waals surface area contributed by atoms with Crippen LogP contribution >= 0.6 is 15.9 Å². The highest BCUT2D eigenvalue weighted by Crippen LogP contribution is 2.19. The Labute approximate surface area is 94.7 Å². The van der Waals surface area contributed by atoms with Crippen LogP contribution in [-0.4, -0.2) is 22.2 Å². The summed E-state index contributed by atoms with van der Waals surface area (Å²) in [5, 5.41) is 18.1. The van der Waals surface area contributed by atoms with E-state index in [9.17, 15) is 9.59 Å². The summed E-state index contributed by atoms with van der Waals surface area (Å²) in [6.07, 6.45) is 0. The number of rotatable bonds is 3. The van der Waals surface area contributed by atoms with Gasteiger partial charge >= 0.3 is 11.9 Å². The highest BCUT2D eigenvalue weighted by Gasteiger charge is 2.15. The first-order valence-electron chi connectivity index (χ1n) is 4.13. The maximum absolute atomic E-state index is 10.9. The lowest BCUT2D eigenvalue weighted by atomic mass is 10.00. The van der Waals surface area contributed by atoms with Gasteiger partial charge in [-0.15, -0.1) is 0 Å². The molecule has 1 aromatic carbocycles. The molecular weight excluding hydrogens is 264 g/mol. The van der Waals surface area contributed by atoms with Crippen LogP contribution in [-0.2, 0) is 5.33 Å². The van der Waals surface area contributed by atoms with E-state index in [1.807, 2.05) is 0 Å². The summed E-state index contributed by atoms with van der Waals surface area (Å²) in [5.74, 6) is -2.24.